The van der Waals surface area contributed by atoms with Gasteiger partial charge in [0, 0.05) is 16.8 Å². The van der Waals surface area contributed by atoms with Crippen LogP contribution < -0.4 is 24.4 Å². The van der Waals surface area contributed by atoms with Crippen molar-refractivity contribution in [3.63, 3.8) is 0 Å². The van der Waals surface area contributed by atoms with Crippen LogP contribution in [-0.2, 0) is 9.59 Å². The number of nitrogens with zero attached hydrogens (tertiary/aromatic N) is 1. The van der Waals surface area contributed by atoms with Crippen LogP contribution in [0.5, 0.6) is 17.2 Å². The molecule has 1 aliphatic rings. The van der Waals surface area contributed by atoms with Gasteiger partial charge in [0.15, 0.2) is 12.7 Å². The van der Waals surface area contributed by atoms with Crippen molar-refractivity contribution in [2.75, 3.05) is 30.0 Å². The molecule has 8 heteroatoms. The molecule has 1 unspecified atom stereocenters. The Morgan fingerprint density at radius 2 is 1.71 bits per heavy atom. The number of hydrogen-bond acceptors (Lipinski definition) is 5. The fourth-order valence-electron chi connectivity index (χ4n) is 3.48. The maximum atomic E-state index is 12.7. The van der Waals surface area contributed by atoms with E-state index in [2.05, 4.69) is 5.32 Å². The molecule has 0 saturated carbocycles. The average molecular weight is 481 g/mol. The van der Waals surface area contributed by atoms with Gasteiger partial charge in [-0.05, 0) is 62.4 Å². The molecule has 0 spiro atoms. The normalized spacial score (nSPS) is 14.7. The molecule has 3 aromatic carbocycles. The Balaban J connectivity index is 1.38. The van der Waals surface area contributed by atoms with Gasteiger partial charge in [-0.25, -0.2) is 0 Å². The average Bonchev–Trinajstić information content (AvgIpc) is 2.82. The first-order valence-electron chi connectivity index (χ1n) is 10.9. The largest absolute Gasteiger partial charge is 0.492 e. The van der Waals surface area contributed by atoms with E-state index in [0.717, 1.165) is 11.3 Å². The molecular weight excluding hydrogens is 456 g/mol. The molecule has 1 N–H and O–H groups in total. The van der Waals surface area contributed by atoms with Crippen LogP contribution in [0.4, 0.5) is 11.4 Å². The monoisotopic (exact) mass is 480 g/mol. The van der Waals surface area contributed by atoms with E-state index in [9.17, 15) is 9.59 Å². The third kappa shape index (κ3) is 5.80. The second kappa shape index (κ2) is 10.5. The van der Waals surface area contributed by atoms with Gasteiger partial charge in [0.1, 0.15) is 23.9 Å². The molecule has 2 amide bonds. The van der Waals surface area contributed by atoms with Crippen LogP contribution in [0.2, 0.25) is 5.02 Å². The molecule has 176 valence electrons. The first-order valence-corrected chi connectivity index (χ1v) is 11.3. The van der Waals surface area contributed by atoms with Crippen molar-refractivity contribution in [1.82, 2.24) is 0 Å². The van der Waals surface area contributed by atoms with Crippen LogP contribution in [0.25, 0.3) is 0 Å². The van der Waals surface area contributed by atoms with Crippen molar-refractivity contribution in [3.8, 4) is 17.2 Å². The Labute approximate surface area is 203 Å². The number of ether oxygens (including phenoxy) is 3. The van der Waals surface area contributed by atoms with E-state index in [0.29, 0.717) is 41.0 Å². The van der Waals surface area contributed by atoms with Crippen LogP contribution >= 0.6 is 11.6 Å². The lowest BCUT2D eigenvalue weighted by Gasteiger charge is -2.33. The number of hydrogen-bond donors (Lipinski definition) is 1. The van der Waals surface area contributed by atoms with Crippen LogP contribution in [0.3, 0.4) is 0 Å². The molecule has 0 aromatic heterocycles. The molecule has 1 aliphatic heterocycles. The van der Waals surface area contributed by atoms with Gasteiger partial charge in [0.05, 0.1) is 12.2 Å². The predicted octanol–water partition coefficient (Wildman–Crippen LogP) is 4.86. The first-order chi connectivity index (χ1) is 16.4. The zero-order valence-corrected chi connectivity index (χ0v) is 19.7. The van der Waals surface area contributed by atoms with Crippen LogP contribution in [0, 0.1) is 6.92 Å². The zero-order valence-electron chi connectivity index (χ0n) is 18.9. The van der Waals surface area contributed by atoms with E-state index in [-0.39, 0.29) is 18.4 Å². The Hall–Kier alpha value is -3.71. The van der Waals surface area contributed by atoms with Gasteiger partial charge in [-0.2, -0.15) is 0 Å². The number of rotatable bonds is 8. The number of fused-ring (bicyclic) bond motifs is 1. The van der Waals surface area contributed by atoms with E-state index >= 15 is 0 Å². The maximum absolute atomic E-state index is 12.7. The third-order valence-corrected chi connectivity index (χ3v) is 5.49. The summed E-state index contributed by atoms with van der Waals surface area (Å²) in [5.41, 5.74) is 2.32. The molecule has 0 radical (unpaired) electrons. The molecule has 1 atom stereocenters. The molecule has 0 bridgehead atoms. The topological polar surface area (TPSA) is 77.1 Å². The van der Waals surface area contributed by atoms with Crippen LogP contribution in [0.15, 0.2) is 66.7 Å². The molecule has 34 heavy (non-hydrogen) atoms. The van der Waals surface area contributed by atoms with Crippen LogP contribution in [-0.4, -0.2) is 37.7 Å². The number of benzene rings is 3. The van der Waals surface area contributed by atoms with Crippen molar-refractivity contribution >= 4 is 34.8 Å². The number of carbonyl (C=O) groups excluding carboxylic acids is 2. The number of carbonyl (C=O) groups is 2. The van der Waals surface area contributed by atoms with Gasteiger partial charge in [0.2, 0.25) is 0 Å². The minimum Gasteiger partial charge on any atom is -0.492 e. The van der Waals surface area contributed by atoms with Crippen molar-refractivity contribution in [1.29, 1.82) is 0 Å². The summed E-state index contributed by atoms with van der Waals surface area (Å²) in [5.74, 6) is 1.34. The van der Waals surface area contributed by atoms with E-state index in [4.69, 9.17) is 25.8 Å². The minimum absolute atomic E-state index is 0.145. The molecular formula is C26H25ClN2O5. The summed E-state index contributed by atoms with van der Waals surface area (Å²) >= 11 is 5.85. The summed E-state index contributed by atoms with van der Waals surface area (Å²) in [7, 11) is 0. The molecule has 0 aliphatic carbocycles. The summed E-state index contributed by atoms with van der Waals surface area (Å²) < 4.78 is 17.1. The lowest BCUT2D eigenvalue weighted by atomic mass is 10.1. The van der Waals surface area contributed by atoms with Crippen molar-refractivity contribution in [3.05, 3.63) is 77.3 Å². The Bertz CT molecular complexity index is 1160. The molecule has 3 aromatic rings. The summed E-state index contributed by atoms with van der Waals surface area (Å²) in [4.78, 5) is 26.7. The van der Waals surface area contributed by atoms with E-state index < -0.39 is 6.10 Å². The molecule has 1 heterocycles. The van der Waals surface area contributed by atoms with Gasteiger partial charge in [-0.1, -0.05) is 29.3 Å². The number of nitrogens with one attached hydrogen (secondary N) is 1. The molecule has 4 rings (SSSR count). The fraction of sp³-hybridized carbons (Fsp3) is 0.231. The Morgan fingerprint density at radius 1 is 1.03 bits per heavy atom. The Morgan fingerprint density at radius 3 is 2.44 bits per heavy atom. The van der Waals surface area contributed by atoms with Gasteiger partial charge < -0.3 is 24.4 Å². The highest BCUT2D eigenvalue weighted by Crippen LogP contribution is 2.36. The highest BCUT2D eigenvalue weighted by atomic mass is 35.5. The fourth-order valence-corrected chi connectivity index (χ4v) is 3.61. The van der Waals surface area contributed by atoms with Crippen molar-refractivity contribution in [2.24, 2.45) is 0 Å². The highest BCUT2D eigenvalue weighted by Gasteiger charge is 2.31. The van der Waals surface area contributed by atoms with Crippen molar-refractivity contribution in [2.45, 2.75) is 20.0 Å². The second-order valence-electron chi connectivity index (χ2n) is 7.88. The van der Waals surface area contributed by atoms with Gasteiger partial charge in [-0.15, -0.1) is 0 Å². The number of halogens is 1. The smallest absolute Gasteiger partial charge is 0.267 e. The van der Waals surface area contributed by atoms with E-state index in [1.807, 2.05) is 31.2 Å². The SMILES string of the molecule is Cc1ccc(OCCN2C(=O)C(C)Oc3cc(NC(=O)COc4ccc(Cl)cc4)ccc32)cc1. The highest BCUT2D eigenvalue weighted by molar-refractivity contribution is 6.30. The molecule has 7 nitrogen and oxygen atoms in total. The summed E-state index contributed by atoms with van der Waals surface area (Å²) in [6, 6.07) is 19.7. The standard InChI is InChI=1S/C26H25ClN2O5/c1-17-3-8-21(9-4-17)32-14-13-29-23-12-7-20(15-24(23)34-18(2)26(29)31)28-25(30)16-33-22-10-5-19(27)6-11-22/h3-12,15,18H,13-14,16H2,1-2H3,(H,28,30). The minimum atomic E-state index is -0.647. The van der Waals surface area contributed by atoms with E-state index in [1.165, 1.54) is 0 Å². The lowest BCUT2D eigenvalue weighted by molar-refractivity contribution is -0.125. The van der Waals surface area contributed by atoms with Crippen molar-refractivity contribution < 1.29 is 23.8 Å². The van der Waals surface area contributed by atoms with Gasteiger partial charge in [0.25, 0.3) is 11.8 Å². The van der Waals surface area contributed by atoms with E-state index in [1.54, 1.807) is 54.3 Å². The third-order valence-electron chi connectivity index (χ3n) is 5.24. The summed E-state index contributed by atoms with van der Waals surface area (Å²) in [5, 5.41) is 3.38. The second-order valence-corrected chi connectivity index (χ2v) is 8.32. The molecule has 0 saturated heterocycles. The summed E-state index contributed by atoms with van der Waals surface area (Å²) in [6.45, 7) is 4.26. The lowest BCUT2D eigenvalue weighted by Crippen LogP contribution is -2.46. The molecule has 0 fully saturated rings. The quantitative estimate of drug-likeness (QED) is 0.498. The number of aryl methyl sites for hydroxylation is 1. The first kappa shape index (κ1) is 23.4. The number of anilines is 2. The zero-order chi connectivity index (χ0) is 24.1. The Kier molecular flexibility index (Phi) is 7.23. The predicted molar refractivity (Wildman–Crippen MR) is 131 cm³/mol. The maximum Gasteiger partial charge on any atom is 0.267 e. The summed E-state index contributed by atoms with van der Waals surface area (Å²) in [6.07, 6.45) is -0.647. The number of amides is 2. The van der Waals surface area contributed by atoms with Crippen LogP contribution in [0.1, 0.15) is 12.5 Å². The van der Waals surface area contributed by atoms with Gasteiger partial charge >= 0.3 is 0 Å². The van der Waals surface area contributed by atoms with Gasteiger partial charge in [-0.3, -0.25) is 9.59 Å².